The zero-order chi connectivity index (χ0) is 23.8. The van der Waals surface area contributed by atoms with Crippen molar-refractivity contribution in [3.8, 4) is 5.69 Å². The first-order valence-electron chi connectivity index (χ1n) is 9.55. The Morgan fingerprint density at radius 2 is 1.82 bits per heavy atom. The summed E-state index contributed by atoms with van der Waals surface area (Å²) in [6, 6.07) is 1.92. The highest BCUT2D eigenvalue weighted by molar-refractivity contribution is 5.98. The van der Waals surface area contributed by atoms with Crippen LogP contribution < -0.4 is 5.32 Å². The fourth-order valence-corrected chi connectivity index (χ4v) is 3.45. The van der Waals surface area contributed by atoms with Crippen LogP contribution in [-0.4, -0.2) is 60.8 Å². The van der Waals surface area contributed by atoms with Gasteiger partial charge in [-0.15, -0.1) is 4.80 Å². The van der Waals surface area contributed by atoms with Crippen LogP contribution in [0.4, 0.5) is 32.3 Å². The number of para-hydroxylation sites is 1. The Morgan fingerprint density at radius 3 is 2.45 bits per heavy atom. The van der Waals surface area contributed by atoms with Gasteiger partial charge >= 0.3 is 6.18 Å². The fraction of sp³-hybridized carbons (Fsp3) is 0.316. The van der Waals surface area contributed by atoms with Crippen LogP contribution in [0.25, 0.3) is 5.69 Å². The molecule has 1 saturated heterocycles. The van der Waals surface area contributed by atoms with E-state index in [1.165, 1.54) is 24.5 Å². The lowest BCUT2D eigenvalue weighted by molar-refractivity contribution is -0.138. The second-order valence-corrected chi connectivity index (χ2v) is 7.15. The van der Waals surface area contributed by atoms with E-state index in [1.54, 1.807) is 0 Å². The van der Waals surface area contributed by atoms with Gasteiger partial charge in [-0.2, -0.15) is 23.4 Å². The number of nitrogens with one attached hydrogen (secondary N) is 1. The number of hydrogen-bond acceptors (Lipinski definition) is 6. The number of halogens is 6. The molecule has 0 spiro atoms. The van der Waals surface area contributed by atoms with Crippen LogP contribution in [0, 0.1) is 5.82 Å². The molecule has 0 radical (unpaired) electrons. The zero-order valence-corrected chi connectivity index (χ0v) is 16.6. The number of carbonyl (C=O) groups excluding carboxylic acids is 1. The molecule has 1 fully saturated rings. The molecule has 1 amide bonds. The SMILES string of the molecule is O=C(c1cccc(F)c1-n1nccn1)N1CCC(F)(F)C1CNc1ncc(C(F)(F)F)cn1. The molecular weight excluding hydrogens is 456 g/mol. The number of likely N-dealkylation sites (tertiary alicyclic amines) is 1. The third-order valence-electron chi connectivity index (χ3n) is 5.08. The summed E-state index contributed by atoms with van der Waals surface area (Å²) in [4.78, 5) is 21.9. The number of anilines is 1. The Morgan fingerprint density at radius 1 is 1.15 bits per heavy atom. The first kappa shape index (κ1) is 22.5. The van der Waals surface area contributed by atoms with E-state index in [-0.39, 0.29) is 23.7 Å². The molecule has 0 aliphatic carbocycles. The van der Waals surface area contributed by atoms with E-state index >= 15 is 0 Å². The summed E-state index contributed by atoms with van der Waals surface area (Å²) < 4.78 is 81.5. The average Bonchev–Trinajstić information content (AvgIpc) is 3.39. The fourth-order valence-electron chi connectivity index (χ4n) is 3.45. The minimum Gasteiger partial charge on any atom is -0.352 e. The van der Waals surface area contributed by atoms with Crippen LogP contribution in [0.5, 0.6) is 0 Å². The molecule has 0 bridgehead atoms. The number of rotatable bonds is 5. The van der Waals surface area contributed by atoms with Gasteiger partial charge in [-0.3, -0.25) is 4.79 Å². The van der Waals surface area contributed by atoms with Crippen molar-refractivity contribution in [1.82, 2.24) is 29.9 Å². The molecule has 33 heavy (non-hydrogen) atoms. The highest BCUT2D eigenvalue weighted by Gasteiger charge is 2.51. The summed E-state index contributed by atoms with van der Waals surface area (Å²) in [5.74, 6) is -5.33. The molecular formula is C19H15F6N7O. The highest BCUT2D eigenvalue weighted by Crippen LogP contribution is 2.36. The average molecular weight is 471 g/mol. The lowest BCUT2D eigenvalue weighted by Gasteiger charge is -2.28. The van der Waals surface area contributed by atoms with Crippen LogP contribution in [0.2, 0.25) is 0 Å². The summed E-state index contributed by atoms with van der Waals surface area (Å²) in [6.45, 7) is -0.872. The van der Waals surface area contributed by atoms with Gasteiger partial charge in [0.1, 0.15) is 11.7 Å². The highest BCUT2D eigenvalue weighted by atomic mass is 19.4. The summed E-state index contributed by atoms with van der Waals surface area (Å²) in [5, 5.41) is 10.0. The van der Waals surface area contributed by atoms with E-state index in [2.05, 4.69) is 25.5 Å². The standard InChI is InChI=1S/C19H15F6N7O/c20-13-3-1-2-12(15(13)32-29-5-6-30-32)16(33)31-7-4-18(21,22)14(31)10-28-17-26-8-11(9-27-17)19(23,24)25/h1-3,5-6,8-9,14H,4,7,10H2,(H,26,27,28). The molecule has 1 atom stereocenters. The number of benzene rings is 1. The van der Waals surface area contributed by atoms with Gasteiger partial charge in [0.2, 0.25) is 5.95 Å². The van der Waals surface area contributed by atoms with Crippen molar-refractivity contribution in [2.24, 2.45) is 0 Å². The van der Waals surface area contributed by atoms with E-state index in [9.17, 15) is 31.1 Å². The molecule has 2 aromatic heterocycles. The third kappa shape index (κ3) is 4.45. The molecule has 1 N–H and O–H groups in total. The van der Waals surface area contributed by atoms with Gasteiger partial charge in [0.15, 0.2) is 5.82 Å². The summed E-state index contributed by atoms with van der Waals surface area (Å²) >= 11 is 0. The van der Waals surface area contributed by atoms with Crippen LogP contribution in [0.1, 0.15) is 22.3 Å². The lowest BCUT2D eigenvalue weighted by Crippen LogP contribution is -2.47. The number of amides is 1. The van der Waals surface area contributed by atoms with Crippen LogP contribution in [-0.2, 0) is 6.18 Å². The number of aromatic nitrogens is 5. The molecule has 8 nitrogen and oxygen atoms in total. The van der Waals surface area contributed by atoms with E-state index in [1.807, 2.05) is 0 Å². The van der Waals surface area contributed by atoms with Crippen molar-refractivity contribution in [3.63, 3.8) is 0 Å². The van der Waals surface area contributed by atoms with E-state index < -0.39 is 48.4 Å². The quantitative estimate of drug-likeness (QED) is 0.576. The van der Waals surface area contributed by atoms with Crippen molar-refractivity contribution in [2.45, 2.75) is 24.6 Å². The topological polar surface area (TPSA) is 88.8 Å². The van der Waals surface area contributed by atoms with Crippen molar-refractivity contribution in [3.05, 3.63) is 59.9 Å². The van der Waals surface area contributed by atoms with Crippen LogP contribution in [0.15, 0.2) is 43.0 Å². The van der Waals surface area contributed by atoms with Gasteiger partial charge in [-0.25, -0.2) is 23.1 Å². The molecule has 1 unspecified atom stereocenters. The second kappa shape index (κ2) is 8.33. The number of nitrogens with zero attached hydrogens (tertiary/aromatic N) is 6. The molecule has 3 aromatic rings. The minimum absolute atomic E-state index is 0.223. The summed E-state index contributed by atoms with van der Waals surface area (Å²) in [6.07, 6.45) is -1.73. The zero-order valence-electron chi connectivity index (χ0n) is 16.6. The van der Waals surface area contributed by atoms with E-state index in [0.717, 1.165) is 15.8 Å². The maximum atomic E-state index is 14.6. The Balaban J connectivity index is 1.57. The van der Waals surface area contributed by atoms with Crippen molar-refractivity contribution in [1.29, 1.82) is 0 Å². The lowest BCUT2D eigenvalue weighted by atomic mass is 10.1. The largest absolute Gasteiger partial charge is 0.419 e. The summed E-state index contributed by atoms with van der Waals surface area (Å²) in [5.41, 5.74) is -1.61. The molecule has 4 rings (SSSR count). The van der Waals surface area contributed by atoms with Gasteiger partial charge in [0.25, 0.3) is 11.8 Å². The smallest absolute Gasteiger partial charge is 0.352 e. The molecule has 3 heterocycles. The first-order chi connectivity index (χ1) is 15.6. The van der Waals surface area contributed by atoms with Crippen LogP contribution >= 0.6 is 0 Å². The van der Waals surface area contributed by atoms with Crippen molar-refractivity contribution >= 4 is 11.9 Å². The Bertz CT molecular complexity index is 1130. The number of hydrogen-bond donors (Lipinski definition) is 1. The first-order valence-corrected chi connectivity index (χ1v) is 9.55. The summed E-state index contributed by atoms with van der Waals surface area (Å²) in [7, 11) is 0. The van der Waals surface area contributed by atoms with Crippen molar-refractivity contribution < 1.29 is 31.1 Å². The Kier molecular flexibility index (Phi) is 5.68. The van der Waals surface area contributed by atoms with Gasteiger partial charge < -0.3 is 10.2 Å². The molecule has 0 saturated carbocycles. The van der Waals surface area contributed by atoms with Gasteiger partial charge in [-0.1, -0.05) is 6.07 Å². The molecule has 1 aliphatic heterocycles. The van der Waals surface area contributed by atoms with E-state index in [4.69, 9.17) is 0 Å². The maximum absolute atomic E-state index is 14.6. The van der Waals surface area contributed by atoms with Gasteiger partial charge in [0.05, 0.1) is 23.5 Å². The third-order valence-corrected chi connectivity index (χ3v) is 5.08. The predicted molar refractivity (Wildman–Crippen MR) is 101 cm³/mol. The predicted octanol–water partition coefficient (Wildman–Crippen LogP) is 3.18. The Hall–Kier alpha value is -3.71. The van der Waals surface area contributed by atoms with E-state index in [0.29, 0.717) is 12.4 Å². The Labute approximate surface area is 182 Å². The van der Waals surface area contributed by atoms with Gasteiger partial charge in [-0.05, 0) is 12.1 Å². The number of alkyl halides is 5. The van der Waals surface area contributed by atoms with Crippen molar-refractivity contribution in [2.75, 3.05) is 18.4 Å². The maximum Gasteiger partial charge on any atom is 0.419 e. The monoisotopic (exact) mass is 471 g/mol. The minimum atomic E-state index is -4.65. The van der Waals surface area contributed by atoms with Gasteiger partial charge in [0, 0.05) is 31.9 Å². The second-order valence-electron chi connectivity index (χ2n) is 7.15. The van der Waals surface area contributed by atoms with Crippen LogP contribution in [0.3, 0.4) is 0 Å². The normalized spacial score (nSPS) is 17.9. The molecule has 1 aliphatic rings. The molecule has 14 heteroatoms. The molecule has 1 aromatic carbocycles. The number of carbonyl (C=O) groups is 1. The molecule has 174 valence electrons.